The Kier molecular flexibility index (Phi) is 4.88. The van der Waals surface area contributed by atoms with Gasteiger partial charge in [0.25, 0.3) is 0 Å². The van der Waals surface area contributed by atoms with Crippen LogP contribution in [-0.4, -0.2) is 36.4 Å². The van der Waals surface area contributed by atoms with Crippen molar-refractivity contribution >= 4 is 17.5 Å². The van der Waals surface area contributed by atoms with E-state index in [0.29, 0.717) is 5.92 Å². The fraction of sp³-hybridized carbons (Fsp3) is 0.806. The van der Waals surface area contributed by atoms with Crippen molar-refractivity contribution in [1.29, 1.82) is 5.26 Å². The minimum Gasteiger partial charge on any atom is -0.469 e. The summed E-state index contributed by atoms with van der Waals surface area (Å²) >= 11 is 0. The summed E-state index contributed by atoms with van der Waals surface area (Å²) in [4.78, 5) is 41.1. The Hall–Kier alpha value is -2.00. The van der Waals surface area contributed by atoms with Gasteiger partial charge in [0, 0.05) is 16.7 Å². The van der Waals surface area contributed by atoms with Gasteiger partial charge in [-0.15, -0.1) is 0 Å². The summed E-state index contributed by atoms with van der Waals surface area (Å²) in [5, 5.41) is 10.1. The van der Waals surface area contributed by atoms with E-state index < -0.39 is 27.9 Å². The van der Waals surface area contributed by atoms with E-state index in [2.05, 4.69) is 33.8 Å². The van der Waals surface area contributed by atoms with Gasteiger partial charge in [-0.25, -0.2) is 0 Å². The van der Waals surface area contributed by atoms with Crippen LogP contribution in [0, 0.1) is 62.1 Å². The molecular weight excluding hydrogens is 466 g/mol. The zero-order valence-corrected chi connectivity index (χ0v) is 23.4. The molecule has 10 atom stereocenters. The maximum Gasteiger partial charge on any atom is 0.312 e. The highest BCUT2D eigenvalue weighted by Crippen LogP contribution is 2.77. The summed E-state index contributed by atoms with van der Waals surface area (Å²) in [5.41, 5.74) is -2.80. The van der Waals surface area contributed by atoms with Crippen LogP contribution in [0.1, 0.15) is 86.5 Å². The number of hydrogen-bond acceptors (Lipinski definition) is 6. The minimum atomic E-state index is -1.40. The maximum absolute atomic E-state index is 14.4. The van der Waals surface area contributed by atoms with Gasteiger partial charge < -0.3 is 9.47 Å². The summed E-state index contributed by atoms with van der Waals surface area (Å²) in [5.74, 6) is 0.0503. The number of allylic oxidation sites excluding steroid dienone is 1. The molecule has 0 aromatic rings. The van der Waals surface area contributed by atoms with E-state index in [1.165, 1.54) is 7.11 Å². The monoisotopic (exact) mass is 507 g/mol. The number of rotatable bonds is 1. The van der Waals surface area contributed by atoms with Gasteiger partial charge in [0.15, 0.2) is 11.6 Å². The van der Waals surface area contributed by atoms with E-state index >= 15 is 0 Å². The maximum atomic E-state index is 14.4. The number of nitriles is 1. The molecule has 200 valence electrons. The number of carbonyl (C=O) groups excluding carboxylic acids is 3. The Morgan fingerprint density at radius 2 is 1.78 bits per heavy atom. The van der Waals surface area contributed by atoms with Gasteiger partial charge in [0.2, 0.25) is 5.60 Å². The van der Waals surface area contributed by atoms with Crippen molar-refractivity contribution in [2.24, 2.45) is 50.7 Å². The normalized spacial score (nSPS) is 53.2. The molecule has 6 rings (SSSR count). The number of carbonyl (C=O) groups is 3. The van der Waals surface area contributed by atoms with Gasteiger partial charge in [0.1, 0.15) is 12.2 Å². The lowest BCUT2D eigenvalue weighted by Crippen LogP contribution is -2.67. The molecule has 1 heterocycles. The van der Waals surface area contributed by atoms with Gasteiger partial charge in [-0.05, 0) is 79.6 Å². The largest absolute Gasteiger partial charge is 0.469 e. The molecule has 5 fully saturated rings. The lowest BCUT2D eigenvalue weighted by atomic mass is 9.34. The van der Waals surface area contributed by atoms with E-state index in [0.717, 1.165) is 50.5 Å². The zero-order valence-electron chi connectivity index (χ0n) is 23.4. The second-order valence-corrected chi connectivity index (χ2v) is 14.6. The van der Waals surface area contributed by atoms with Crippen molar-refractivity contribution in [1.82, 2.24) is 0 Å². The second-order valence-electron chi connectivity index (χ2n) is 14.6. The van der Waals surface area contributed by atoms with Crippen LogP contribution in [0.15, 0.2) is 11.6 Å². The highest BCUT2D eigenvalue weighted by Gasteiger charge is 2.82. The summed E-state index contributed by atoms with van der Waals surface area (Å²) in [6.07, 6.45) is 7.28. The molecule has 1 aliphatic heterocycles. The average molecular weight is 508 g/mol. The smallest absolute Gasteiger partial charge is 0.312 e. The average Bonchev–Trinajstić information content (AvgIpc) is 3.61. The summed E-state index contributed by atoms with van der Waals surface area (Å²) in [6.45, 7) is 12.9. The Morgan fingerprint density at radius 3 is 2.43 bits per heavy atom. The Morgan fingerprint density at radius 1 is 1.08 bits per heavy atom. The van der Waals surface area contributed by atoms with E-state index in [1.807, 2.05) is 19.9 Å². The molecule has 0 radical (unpaired) electrons. The van der Waals surface area contributed by atoms with Crippen LogP contribution in [0.2, 0.25) is 0 Å². The minimum absolute atomic E-state index is 0.00111. The fourth-order valence-electron chi connectivity index (χ4n) is 10.9. The van der Waals surface area contributed by atoms with Crippen LogP contribution >= 0.6 is 0 Å². The number of Topliss-reactive ketones (excluding diaryl/α,β-unsaturated/α-hetero) is 1. The van der Waals surface area contributed by atoms with Gasteiger partial charge in [0.05, 0.1) is 12.5 Å². The van der Waals surface area contributed by atoms with E-state index in [9.17, 15) is 19.6 Å². The zero-order chi connectivity index (χ0) is 27.0. The van der Waals surface area contributed by atoms with Crippen LogP contribution in [0.25, 0.3) is 0 Å². The van der Waals surface area contributed by atoms with E-state index in [4.69, 9.17) is 9.47 Å². The van der Waals surface area contributed by atoms with Crippen molar-refractivity contribution in [2.45, 2.75) is 98.2 Å². The quantitative estimate of drug-likeness (QED) is 0.357. The van der Waals surface area contributed by atoms with Crippen LogP contribution in [0.3, 0.4) is 0 Å². The van der Waals surface area contributed by atoms with Gasteiger partial charge >= 0.3 is 5.97 Å². The number of epoxide rings is 1. The Balaban J connectivity index is 1.52. The van der Waals surface area contributed by atoms with E-state index in [-0.39, 0.29) is 46.1 Å². The first-order chi connectivity index (χ1) is 17.2. The first-order valence-electron chi connectivity index (χ1n) is 14.2. The molecule has 5 aliphatic carbocycles. The number of ketones is 2. The summed E-state index contributed by atoms with van der Waals surface area (Å²) in [6, 6.07) is 2.23. The topological polar surface area (TPSA) is 96.8 Å². The summed E-state index contributed by atoms with van der Waals surface area (Å²) in [7, 11) is 1.48. The third kappa shape index (κ3) is 2.59. The number of nitrogens with zero attached hydrogens (tertiary/aromatic N) is 1. The van der Waals surface area contributed by atoms with Crippen molar-refractivity contribution in [3.63, 3.8) is 0 Å². The molecule has 4 saturated carbocycles. The molecule has 0 spiro atoms. The molecule has 37 heavy (non-hydrogen) atoms. The van der Waals surface area contributed by atoms with Crippen molar-refractivity contribution in [3.8, 4) is 6.07 Å². The number of hydrogen-bond donors (Lipinski definition) is 0. The van der Waals surface area contributed by atoms with Gasteiger partial charge in [-0.2, -0.15) is 5.26 Å². The first-order valence-corrected chi connectivity index (χ1v) is 14.2. The highest BCUT2D eigenvalue weighted by atomic mass is 16.6. The molecule has 0 N–H and O–H groups in total. The predicted molar refractivity (Wildman–Crippen MR) is 136 cm³/mol. The Labute approximate surface area is 220 Å². The molecule has 6 heteroatoms. The second kappa shape index (κ2) is 7.14. The summed E-state index contributed by atoms with van der Waals surface area (Å²) < 4.78 is 11.5. The van der Waals surface area contributed by atoms with Crippen molar-refractivity contribution < 1.29 is 23.9 Å². The molecular formula is C31H41NO5. The van der Waals surface area contributed by atoms with Crippen LogP contribution in [-0.2, 0) is 23.9 Å². The first kappa shape index (κ1) is 25.3. The third-order valence-corrected chi connectivity index (χ3v) is 13.0. The van der Waals surface area contributed by atoms with Crippen molar-refractivity contribution in [2.75, 3.05) is 7.11 Å². The molecule has 6 nitrogen and oxygen atoms in total. The molecule has 1 saturated heterocycles. The Bertz CT molecular complexity index is 1200. The third-order valence-electron chi connectivity index (χ3n) is 13.0. The predicted octanol–water partition coefficient (Wildman–Crippen LogP) is 5.20. The SMILES string of the molecule is COC(=O)C12CCC(C)CC1C1C(=O)C=C3C4(C)C(CCC3(C)C1(C)CC2)C(C)(C)C(=O)C1(C#N)OC14. The fourth-order valence-corrected chi connectivity index (χ4v) is 10.9. The molecule has 0 aromatic heterocycles. The van der Waals surface area contributed by atoms with Crippen LogP contribution in [0.5, 0.6) is 0 Å². The molecule has 0 amide bonds. The van der Waals surface area contributed by atoms with Crippen molar-refractivity contribution in [3.05, 3.63) is 11.6 Å². The molecule has 0 aromatic carbocycles. The molecule has 0 bridgehead atoms. The van der Waals surface area contributed by atoms with Gasteiger partial charge in [-0.1, -0.05) is 47.1 Å². The van der Waals surface area contributed by atoms with Crippen LogP contribution in [0.4, 0.5) is 0 Å². The molecule has 6 aliphatic rings. The highest BCUT2D eigenvalue weighted by molar-refractivity contribution is 6.01. The number of fused-ring (bicyclic) bond motifs is 9. The lowest BCUT2D eigenvalue weighted by molar-refractivity contribution is -0.189. The van der Waals surface area contributed by atoms with Gasteiger partial charge in [-0.3, -0.25) is 14.4 Å². The van der Waals surface area contributed by atoms with E-state index in [1.54, 1.807) is 0 Å². The number of esters is 1. The number of ether oxygens (including phenoxy) is 2. The number of methoxy groups -OCH3 is 1. The van der Waals surface area contributed by atoms with Crippen LogP contribution < -0.4 is 0 Å². The molecule has 10 unspecified atom stereocenters. The lowest BCUT2D eigenvalue weighted by Gasteiger charge is -2.68. The standard InChI is InChI=1S/C31H41NO5/c1-17-8-11-30(25(35)36-7)13-12-28(5)22(18(30)14-17)19(33)15-21-27(28,4)10-9-20-26(2,3)23(34)31(16-32)24(37-31)29(20,21)6/h15,17-18,20,22,24H,8-14H2,1-7H3.